The third kappa shape index (κ3) is 3.91. The van der Waals surface area contributed by atoms with E-state index in [1.807, 2.05) is 0 Å². The van der Waals surface area contributed by atoms with E-state index in [1.54, 1.807) is 5.32 Å². The molecule has 1 fully saturated rings. The monoisotopic (exact) mass is 451 g/mol. The number of hydrogen-bond acceptors (Lipinski definition) is 4. The molecular weight excluding hydrogens is 436 g/mol. The van der Waals surface area contributed by atoms with Crippen LogP contribution in [0.15, 0.2) is 17.1 Å². The Kier molecular flexibility index (Phi) is 5.40. The lowest BCUT2D eigenvalue weighted by molar-refractivity contribution is -0.175. The Morgan fingerprint density at radius 2 is 1.87 bits per heavy atom. The summed E-state index contributed by atoms with van der Waals surface area (Å²) >= 11 is 0. The molecule has 1 saturated heterocycles. The third-order valence-corrected chi connectivity index (χ3v) is 4.85. The minimum Gasteiger partial charge on any atom is -0.477 e. The SMILES string of the molecule is CC1(NC(=O)C(F)(F)F)CN(c2c(F)cc3c(=O)c(C(=O)O)cn(CCF)c3c2F)C1. The van der Waals surface area contributed by atoms with Crippen LogP contribution in [0.25, 0.3) is 10.9 Å². The number of halogens is 6. The number of aryl methyl sites for hydroxylation is 1. The standard InChI is InChI=1S/C18H15F6N3O4/c1-17(25-16(31)18(22,23)24)6-27(7-17)13-10(20)4-8-12(11(13)21)26(3-2-19)5-9(14(8)28)15(29)30/h4-5H,2-3,6-7H2,1H3,(H,25,31)(H,29,30). The van der Waals surface area contributed by atoms with Crippen LogP contribution < -0.4 is 15.6 Å². The highest BCUT2D eigenvalue weighted by atomic mass is 19.4. The zero-order valence-corrected chi connectivity index (χ0v) is 15.8. The number of carbonyl (C=O) groups is 2. The van der Waals surface area contributed by atoms with E-state index in [0.29, 0.717) is 6.07 Å². The molecule has 0 radical (unpaired) electrons. The van der Waals surface area contributed by atoms with E-state index in [0.717, 1.165) is 15.7 Å². The summed E-state index contributed by atoms with van der Waals surface area (Å²) < 4.78 is 81.0. The van der Waals surface area contributed by atoms with Crippen molar-refractivity contribution in [2.75, 3.05) is 24.7 Å². The second kappa shape index (κ2) is 7.46. The van der Waals surface area contributed by atoms with Gasteiger partial charge >= 0.3 is 18.1 Å². The number of rotatable bonds is 5. The number of carbonyl (C=O) groups excluding carboxylic acids is 1. The van der Waals surface area contributed by atoms with E-state index in [9.17, 15) is 36.3 Å². The Hall–Kier alpha value is -3.25. The van der Waals surface area contributed by atoms with Crippen molar-refractivity contribution in [2.45, 2.75) is 25.2 Å². The smallest absolute Gasteiger partial charge is 0.471 e. The quantitative estimate of drug-likeness (QED) is 0.681. The molecule has 7 nitrogen and oxygen atoms in total. The van der Waals surface area contributed by atoms with Gasteiger partial charge in [-0.05, 0) is 13.0 Å². The topological polar surface area (TPSA) is 91.6 Å². The number of benzene rings is 1. The van der Waals surface area contributed by atoms with Gasteiger partial charge in [-0.1, -0.05) is 0 Å². The Bertz CT molecular complexity index is 1140. The van der Waals surface area contributed by atoms with Gasteiger partial charge in [-0.2, -0.15) is 13.2 Å². The number of nitrogens with one attached hydrogen (secondary N) is 1. The first-order valence-corrected chi connectivity index (χ1v) is 8.78. The van der Waals surface area contributed by atoms with E-state index in [2.05, 4.69) is 0 Å². The number of aromatic carboxylic acids is 1. The maximum absolute atomic E-state index is 15.2. The average Bonchev–Trinajstić information content (AvgIpc) is 2.61. The molecule has 0 atom stereocenters. The van der Waals surface area contributed by atoms with E-state index >= 15 is 4.39 Å². The number of fused-ring (bicyclic) bond motifs is 1. The summed E-state index contributed by atoms with van der Waals surface area (Å²) in [6.07, 6.45) is -4.39. The van der Waals surface area contributed by atoms with E-state index < -0.39 is 76.0 Å². The molecule has 2 aromatic rings. The zero-order chi connectivity index (χ0) is 23.3. The fourth-order valence-corrected chi connectivity index (χ4v) is 3.56. The van der Waals surface area contributed by atoms with Crippen LogP contribution in [0.2, 0.25) is 0 Å². The van der Waals surface area contributed by atoms with E-state index in [1.165, 1.54) is 6.92 Å². The minimum absolute atomic E-state index is 0.380. The number of nitrogens with zero attached hydrogens (tertiary/aromatic N) is 2. The molecule has 1 aliphatic heterocycles. The predicted molar refractivity (Wildman–Crippen MR) is 95.9 cm³/mol. The average molecular weight is 451 g/mol. The zero-order valence-electron chi connectivity index (χ0n) is 15.8. The van der Waals surface area contributed by atoms with Gasteiger partial charge in [0, 0.05) is 19.3 Å². The van der Waals surface area contributed by atoms with Crippen LogP contribution in [0.3, 0.4) is 0 Å². The molecule has 2 N–H and O–H groups in total. The highest BCUT2D eigenvalue weighted by Crippen LogP contribution is 2.36. The summed E-state index contributed by atoms with van der Waals surface area (Å²) in [5.74, 6) is -6.43. The van der Waals surface area contributed by atoms with E-state index in [-0.39, 0.29) is 13.1 Å². The number of anilines is 1. The Morgan fingerprint density at radius 1 is 1.26 bits per heavy atom. The summed E-state index contributed by atoms with van der Waals surface area (Å²) in [5, 5.41) is 10.2. The summed E-state index contributed by atoms with van der Waals surface area (Å²) in [5.41, 5.74) is -4.64. The first-order chi connectivity index (χ1) is 14.3. The molecule has 0 aliphatic carbocycles. The fraction of sp³-hybridized carbons (Fsp3) is 0.389. The molecule has 1 aromatic heterocycles. The lowest BCUT2D eigenvalue weighted by atomic mass is 9.91. The highest BCUT2D eigenvalue weighted by Gasteiger charge is 2.48. The molecule has 13 heteroatoms. The number of aromatic nitrogens is 1. The summed E-state index contributed by atoms with van der Waals surface area (Å²) in [6, 6.07) is 0.598. The van der Waals surface area contributed by atoms with Crippen molar-refractivity contribution in [3.05, 3.63) is 39.7 Å². The van der Waals surface area contributed by atoms with Crippen molar-refractivity contribution in [3.63, 3.8) is 0 Å². The van der Waals surface area contributed by atoms with Crippen LogP contribution in [0.1, 0.15) is 17.3 Å². The summed E-state index contributed by atoms with van der Waals surface area (Å²) in [7, 11) is 0. The molecule has 0 bridgehead atoms. The van der Waals surface area contributed by atoms with Gasteiger partial charge in [-0.25, -0.2) is 18.0 Å². The maximum Gasteiger partial charge on any atom is 0.471 e. The lowest BCUT2D eigenvalue weighted by Crippen LogP contribution is -2.70. The molecule has 0 unspecified atom stereocenters. The predicted octanol–water partition coefficient (Wildman–Crippen LogP) is 2.20. The molecule has 0 spiro atoms. The Balaban J connectivity index is 2.05. The first-order valence-electron chi connectivity index (χ1n) is 8.78. The van der Waals surface area contributed by atoms with Gasteiger partial charge < -0.3 is 19.9 Å². The molecule has 1 aliphatic rings. The lowest BCUT2D eigenvalue weighted by Gasteiger charge is -2.49. The van der Waals surface area contributed by atoms with Gasteiger partial charge in [0.2, 0.25) is 5.43 Å². The third-order valence-electron chi connectivity index (χ3n) is 4.85. The van der Waals surface area contributed by atoms with Crippen molar-refractivity contribution in [1.29, 1.82) is 0 Å². The van der Waals surface area contributed by atoms with Crippen molar-refractivity contribution in [2.24, 2.45) is 0 Å². The van der Waals surface area contributed by atoms with Crippen molar-refractivity contribution >= 4 is 28.5 Å². The molecule has 3 rings (SSSR count). The fourth-order valence-electron chi connectivity index (χ4n) is 3.56. The van der Waals surface area contributed by atoms with Crippen LogP contribution >= 0.6 is 0 Å². The van der Waals surface area contributed by atoms with Gasteiger partial charge in [0.05, 0.1) is 23.0 Å². The second-order valence-corrected chi connectivity index (χ2v) is 7.35. The molecule has 1 amide bonds. The summed E-state index contributed by atoms with van der Waals surface area (Å²) in [6.45, 7) is -1.08. The number of hydrogen-bond donors (Lipinski definition) is 2. The molecule has 2 heterocycles. The summed E-state index contributed by atoms with van der Waals surface area (Å²) in [4.78, 5) is 35.7. The molecule has 31 heavy (non-hydrogen) atoms. The van der Waals surface area contributed by atoms with Crippen LogP contribution in [-0.2, 0) is 11.3 Å². The van der Waals surface area contributed by atoms with Gasteiger partial charge in [0.15, 0.2) is 5.82 Å². The largest absolute Gasteiger partial charge is 0.477 e. The number of pyridine rings is 1. The first kappa shape index (κ1) is 22.4. The van der Waals surface area contributed by atoms with Crippen molar-refractivity contribution in [1.82, 2.24) is 9.88 Å². The van der Waals surface area contributed by atoms with Gasteiger partial charge in [0.25, 0.3) is 0 Å². The molecule has 1 aromatic carbocycles. The van der Waals surface area contributed by atoms with Gasteiger partial charge in [-0.15, -0.1) is 0 Å². The van der Waals surface area contributed by atoms with Crippen molar-refractivity contribution < 1.29 is 41.0 Å². The number of amides is 1. The van der Waals surface area contributed by atoms with Gasteiger partial charge in [-0.3, -0.25) is 9.59 Å². The molecule has 0 saturated carbocycles. The van der Waals surface area contributed by atoms with Crippen LogP contribution in [-0.4, -0.2) is 53.0 Å². The minimum atomic E-state index is -5.13. The Morgan fingerprint density at radius 3 is 2.39 bits per heavy atom. The maximum atomic E-state index is 15.2. The molecular formula is C18H15F6N3O4. The normalized spacial score (nSPS) is 15.6. The van der Waals surface area contributed by atoms with E-state index in [4.69, 9.17) is 5.11 Å². The van der Waals surface area contributed by atoms with Crippen LogP contribution in [0.5, 0.6) is 0 Å². The van der Waals surface area contributed by atoms with Gasteiger partial charge in [0.1, 0.15) is 23.7 Å². The highest BCUT2D eigenvalue weighted by molar-refractivity contribution is 5.94. The van der Waals surface area contributed by atoms with Crippen LogP contribution in [0.4, 0.5) is 32.0 Å². The number of carboxylic acid groups (broad SMARTS) is 1. The molecule has 168 valence electrons. The van der Waals surface area contributed by atoms with Crippen LogP contribution in [0, 0.1) is 11.6 Å². The number of alkyl halides is 4. The van der Waals surface area contributed by atoms with Crippen molar-refractivity contribution in [3.8, 4) is 0 Å². The second-order valence-electron chi connectivity index (χ2n) is 7.35. The number of carboxylic acids is 1. The Labute approximate surface area is 169 Å².